The third-order valence-corrected chi connectivity index (χ3v) is 4.62. The second kappa shape index (κ2) is 7.32. The number of rotatable bonds is 5. The average Bonchev–Trinajstić information content (AvgIpc) is 2.92. The van der Waals surface area contributed by atoms with Crippen LogP contribution in [0.1, 0.15) is 62.2 Å². The highest BCUT2D eigenvalue weighted by Gasteiger charge is 2.22. The van der Waals surface area contributed by atoms with Gasteiger partial charge in [-0.25, -0.2) is 9.97 Å². The first-order valence-electron chi connectivity index (χ1n) is 8.52. The summed E-state index contributed by atoms with van der Waals surface area (Å²) in [6, 6.07) is 0.450. The van der Waals surface area contributed by atoms with Crippen molar-refractivity contribution in [1.82, 2.24) is 15.3 Å². The van der Waals surface area contributed by atoms with Crippen molar-refractivity contribution in [1.29, 1.82) is 0 Å². The molecule has 2 aliphatic rings. The standard InChI is InChI=1S/C17H27N3O/c1-2-8-18-15-5-3-4-6-16-14(15)11-19-17(20-16)10-13-7-9-21-12-13/h11,13,15,18H,2-10,12H2,1H3. The van der Waals surface area contributed by atoms with Crippen LogP contribution in [0.2, 0.25) is 0 Å². The second-order valence-corrected chi connectivity index (χ2v) is 6.37. The number of hydrogen-bond donors (Lipinski definition) is 1. The molecule has 1 aromatic heterocycles. The molecule has 1 aromatic rings. The monoisotopic (exact) mass is 289 g/mol. The molecule has 21 heavy (non-hydrogen) atoms. The van der Waals surface area contributed by atoms with Gasteiger partial charge in [0, 0.05) is 43.1 Å². The lowest BCUT2D eigenvalue weighted by atomic mass is 10.0. The quantitative estimate of drug-likeness (QED) is 0.847. The molecule has 1 aliphatic heterocycles. The second-order valence-electron chi connectivity index (χ2n) is 6.37. The van der Waals surface area contributed by atoms with E-state index in [1.807, 2.05) is 0 Å². The Morgan fingerprint density at radius 3 is 3.10 bits per heavy atom. The molecule has 0 saturated carbocycles. The minimum absolute atomic E-state index is 0.450. The van der Waals surface area contributed by atoms with Gasteiger partial charge in [-0.3, -0.25) is 0 Å². The summed E-state index contributed by atoms with van der Waals surface area (Å²) in [4.78, 5) is 9.54. The molecule has 0 aromatic carbocycles. The Kier molecular flexibility index (Phi) is 5.20. The van der Waals surface area contributed by atoms with Gasteiger partial charge in [0.2, 0.25) is 0 Å². The first-order valence-corrected chi connectivity index (χ1v) is 8.52. The molecule has 2 unspecified atom stereocenters. The lowest BCUT2D eigenvalue weighted by Gasteiger charge is -2.19. The van der Waals surface area contributed by atoms with Crippen LogP contribution in [0.5, 0.6) is 0 Å². The summed E-state index contributed by atoms with van der Waals surface area (Å²) in [5, 5.41) is 3.66. The SMILES string of the molecule is CCCNC1CCCCc2nc(CC3CCOC3)ncc21. The average molecular weight is 289 g/mol. The fourth-order valence-electron chi connectivity index (χ4n) is 3.39. The van der Waals surface area contributed by atoms with Gasteiger partial charge in [-0.05, 0) is 44.6 Å². The summed E-state index contributed by atoms with van der Waals surface area (Å²) in [6.45, 7) is 5.07. The molecule has 1 saturated heterocycles. The van der Waals surface area contributed by atoms with Crippen LogP contribution in [-0.2, 0) is 17.6 Å². The number of hydrogen-bond acceptors (Lipinski definition) is 4. The van der Waals surface area contributed by atoms with Crippen molar-refractivity contribution in [2.24, 2.45) is 5.92 Å². The molecular weight excluding hydrogens is 262 g/mol. The van der Waals surface area contributed by atoms with Crippen LogP contribution in [-0.4, -0.2) is 29.7 Å². The van der Waals surface area contributed by atoms with Crippen LogP contribution in [0.15, 0.2) is 6.20 Å². The highest BCUT2D eigenvalue weighted by Crippen LogP contribution is 2.27. The predicted molar refractivity (Wildman–Crippen MR) is 83.3 cm³/mol. The number of aromatic nitrogens is 2. The fraction of sp³-hybridized carbons (Fsp3) is 0.765. The zero-order valence-electron chi connectivity index (χ0n) is 13.1. The maximum Gasteiger partial charge on any atom is 0.128 e. The highest BCUT2D eigenvalue weighted by molar-refractivity contribution is 5.23. The molecule has 116 valence electrons. The topological polar surface area (TPSA) is 47.0 Å². The molecule has 0 amide bonds. The molecule has 1 aliphatic carbocycles. The van der Waals surface area contributed by atoms with Gasteiger partial charge in [-0.2, -0.15) is 0 Å². The number of ether oxygens (including phenoxy) is 1. The van der Waals surface area contributed by atoms with Crippen LogP contribution < -0.4 is 5.32 Å². The molecule has 0 spiro atoms. The molecule has 1 fully saturated rings. The van der Waals surface area contributed by atoms with E-state index in [0.29, 0.717) is 12.0 Å². The maximum atomic E-state index is 5.46. The van der Waals surface area contributed by atoms with Crippen molar-refractivity contribution in [2.75, 3.05) is 19.8 Å². The third-order valence-electron chi connectivity index (χ3n) is 4.62. The van der Waals surface area contributed by atoms with Gasteiger partial charge in [-0.15, -0.1) is 0 Å². The summed E-state index contributed by atoms with van der Waals surface area (Å²) in [6.07, 6.45) is 10.2. The Labute approximate surface area is 127 Å². The summed E-state index contributed by atoms with van der Waals surface area (Å²) in [7, 11) is 0. The van der Waals surface area contributed by atoms with Gasteiger partial charge in [0.25, 0.3) is 0 Å². The van der Waals surface area contributed by atoms with Gasteiger partial charge in [-0.1, -0.05) is 13.3 Å². The van der Waals surface area contributed by atoms with Crippen LogP contribution in [0.4, 0.5) is 0 Å². The number of nitrogens with zero attached hydrogens (tertiary/aromatic N) is 2. The van der Waals surface area contributed by atoms with E-state index in [1.54, 1.807) is 0 Å². The number of fused-ring (bicyclic) bond motifs is 1. The maximum absolute atomic E-state index is 5.46. The Balaban J connectivity index is 1.74. The molecule has 2 atom stereocenters. The molecule has 4 heteroatoms. The lowest BCUT2D eigenvalue weighted by molar-refractivity contribution is 0.185. The van der Waals surface area contributed by atoms with Crippen molar-refractivity contribution < 1.29 is 4.74 Å². The molecule has 4 nitrogen and oxygen atoms in total. The highest BCUT2D eigenvalue weighted by atomic mass is 16.5. The molecule has 0 bridgehead atoms. The van der Waals surface area contributed by atoms with Crippen molar-refractivity contribution in [3.8, 4) is 0 Å². The minimum Gasteiger partial charge on any atom is -0.381 e. The molecule has 1 N–H and O–H groups in total. The van der Waals surface area contributed by atoms with E-state index in [-0.39, 0.29) is 0 Å². The first-order chi connectivity index (χ1) is 10.4. The third kappa shape index (κ3) is 3.80. The lowest BCUT2D eigenvalue weighted by Crippen LogP contribution is -2.23. The van der Waals surface area contributed by atoms with Gasteiger partial charge in [0.1, 0.15) is 5.82 Å². The Morgan fingerprint density at radius 2 is 2.29 bits per heavy atom. The van der Waals surface area contributed by atoms with Gasteiger partial charge in [0.05, 0.1) is 0 Å². The van der Waals surface area contributed by atoms with Crippen molar-refractivity contribution >= 4 is 0 Å². The summed E-state index contributed by atoms with van der Waals surface area (Å²) in [5.74, 6) is 1.63. The van der Waals surface area contributed by atoms with Crippen LogP contribution >= 0.6 is 0 Å². The van der Waals surface area contributed by atoms with E-state index in [2.05, 4.69) is 23.4 Å². The first kappa shape index (κ1) is 14.9. The van der Waals surface area contributed by atoms with Gasteiger partial charge >= 0.3 is 0 Å². The molecule has 2 heterocycles. The number of aryl methyl sites for hydroxylation is 1. The Bertz CT molecular complexity index is 457. The molecule has 0 radical (unpaired) electrons. The molecule has 3 rings (SSSR count). The summed E-state index contributed by atoms with van der Waals surface area (Å²) in [5.41, 5.74) is 2.62. The largest absolute Gasteiger partial charge is 0.381 e. The van der Waals surface area contributed by atoms with Gasteiger partial charge < -0.3 is 10.1 Å². The van der Waals surface area contributed by atoms with Gasteiger partial charge in [0.15, 0.2) is 0 Å². The normalized spacial score (nSPS) is 25.6. The summed E-state index contributed by atoms with van der Waals surface area (Å²) >= 11 is 0. The summed E-state index contributed by atoms with van der Waals surface area (Å²) < 4.78 is 5.46. The Hall–Kier alpha value is -1.00. The van der Waals surface area contributed by atoms with E-state index in [1.165, 1.54) is 36.9 Å². The smallest absolute Gasteiger partial charge is 0.128 e. The van der Waals surface area contributed by atoms with Crippen LogP contribution in [0.25, 0.3) is 0 Å². The van der Waals surface area contributed by atoms with Crippen molar-refractivity contribution in [3.63, 3.8) is 0 Å². The zero-order valence-corrected chi connectivity index (χ0v) is 13.1. The fourth-order valence-corrected chi connectivity index (χ4v) is 3.39. The zero-order chi connectivity index (χ0) is 14.5. The Morgan fingerprint density at radius 1 is 1.33 bits per heavy atom. The van der Waals surface area contributed by atoms with Crippen molar-refractivity contribution in [3.05, 3.63) is 23.3 Å². The van der Waals surface area contributed by atoms with E-state index >= 15 is 0 Å². The van der Waals surface area contributed by atoms with E-state index < -0.39 is 0 Å². The minimum atomic E-state index is 0.450. The predicted octanol–water partition coefficient (Wildman–Crippen LogP) is 2.82. The van der Waals surface area contributed by atoms with Crippen LogP contribution in [0.3, 0.4) is 0 Å². The van der Waals surface area contributed by atoms with E-state index in [4.69, 9.17) is 9.72 Å². The van der Waals surface area contributed by atoms with Crippen LogP contribution in [0, 0.1) is 5.92 Å². The van der Waals surface area contributed by atoms with E-state index in [9.17, 15) is 0 Å². The van der Waals surface area contributed by atoms with E-state index in [0.717, 1.165) is 44.8 Å². The molecular formula is C17H27N3O. The number of nitrogens with one attached hydrogen (secondary N) is 1. The van der Waals surface area contributed by atoms with Crippen molar-refractivity contribution in [2.45, 2.75) is 57.9 Å².